The van der Waals surface area contributed by atoms with Crippen LogP contribution in [0.2, 0.25) is 0 Å². The quantitative estimate of drug-likeness (QED) is 0.893. The Bertz CT molecular complexity index is 374. The van der Waals surface area contributed by atoms with Crippen molar-refractivity contribution in [2.45, 2.75) is 44.1 Å². The first-order chi connectivity index (χ1) is 8.14. The van der Waals surface area contributed by atoms with Crippen LogP contribution in [0.4, 0.5) is 5.13 Å². The third kappa shape index (κ3) is 2.57. The molecule has 6 heteroatoms. The molecule has 1 N–H and O–H groups in total. The zero-order valence-corrected chi connectivity index (χ0v) is 10.7. The predicted octanol–water partition coefficient (Wildman–Crippen LogP) is 2.15. The van der Waals surface area contributed by atoms with Gasteiger partial charge in [0.1, 0.15) is 5.51 Å². The van der Waals surface area contributed by atoms with Crippen molar-refractivity contribution in [3.8, 4) is 0 Å². The number of anilines is 1. The minimum Gasteiger partial charge on any atom is -0.481 e. The van der Waals surface area contributed by atoms with Crippen LogP contribution in [0, 0.1) is 0 Å². The van der Waals surface area contributed by atoms with E-state index in [4.69, 9.17) is 5.11 Å². The number of carboxylic acid groups (broad SMARTS) is 1. The summed E-state index contributed by atoms with van der Waals surface area (Å²) in [5.74, 6) is -0.733. The summed E-state index contributed by atoms with van der Waals surface area (Å²) >= 11 is 1.46. The molecule has 0 bridgehead atoms. The number of nitrogens with zero attached hydrogens (tertiary/aromatic N) is 3. The minimum atomic E-state index is -0.733. The van der Waals surface area contributed by atoms with Crippen LogP contribution in [0.15, 0.2) is 5.51 Å². The SMILES string of the molecule is CN(c1nncs1)C1(CC(=O)O)CCCCC1. The fourth-order valence-electron chi connectivity index (χ4n) is 2.64. The molecule has 1 aliphatic rings. The Morgan fingerprint density at radius 1 is 1.53 bits per heavy atom. The van der Waals surface area contributed by atoms with Crippen LogP contribution < -0.4 is 4.90 Å². The molecule has 1 fully saturated rings. The van der Waals surface area contributed by atoms with E-state index in [2.05, 4.69) is 10.2 Å². The molecule has 0 aliphatic heterocycles. The number of hydrogen-bond acceptors (Lipinski definition) is 5. The Kier molecular flexibility index (Phi) is 3.61. The van der Waals surface area contributed by atoms with Gasteiger partial charge in [0.25, 0.3) is 0 Å². The maximum absolute atomic E-state index is 11.1. The van der Waals surface area contributed by atoms with Gasteiger partial charge in [0.15, 0.2) is 0 Å². The van der Waals surface area contributed by atoms with Crippen LogP contribution >= 0.6 is 11.3 Å². The summed E-state index contributed by atoms with van der Waals surface area (Å²) < 4.78 is 0. The maximum atomic E-state index is 11.1. The second-order valence-electron chi connectivity index (χ2n) is 4.64. The van der Waals surface area contributed by atoms with E-state index in [1.165, 1.54) is 17.8 Å². The van der Waals surface area contributed by atoms with E-state index in [1.807, 2.05) is 11.9 Å². The lowest BCUT2D eigenvalue weighted by molar-refractivity contribution is -0.138. The van der Waals surface area contributed by atoms with E-state index in [0.717, 1.165) is 30.8 Å². The summed E-state index contributed by atoms with van der Waals surface area (Å²) in [6.07, 6.45) is 5.42. The van der Waals surface area contributed by atoms with E-state index in [0.29, 0.717) is 0 Å². The van der Waals surface area contributed by atoms with Gasteiger partial charge in [-0.05, 0) is 12.8 Å². The number of hydrogen-bond donors (Lipinski definition) is 1. The van der Waals surface area contributed by atoms with E-state index in [1.54, 1.807) is 5.51 Å². The second-order valence-corrected chi connectivity index (χ2v) is 5.45. The molecule has 1 aromatic rings. The van der Waals surface area contributed by atoms with Gasteiger partial charge >= 0.3 is 5.97 Å². The first-order valence-electron chi connectivity index (χ1n) is 5.86. The van der Waals surface area contributed by atoms with Gasteiger partial charge in [0.05, 0.1) is 12.0 Å². The van der Waals surface area contributed by atoms with Gasteiger partial charge in [-0.1, -0.05) is 30.6 Å². The highest BCUT2D eigenvalue weighted by Crippen LogP contribution is 2.38. The fraction of sp³-hybridized carbons (Fsp3) is 0.727. The molecule has 2 rings (SSSR count). The highest BCUT2D eigenvalue weighted by atomic mass is 32.1. The largest absolute Gasteiger partial charge is 0.481 e. The molecule has 0 unspecified atom stereocenters. The smallest absolute Gasteiger partial charge is 0.305 e. The number of carboxylic acids is 1. The van der Waals surface area contributed by atoms with Crippen LogP contribution in [-0.4, -0.2) is 33.9 Å². The highest BCUT2D eigenvalue weighted by molar-refractivity contribution is 7.13. The van der Waals surface area contributed by atoms with Gasteiger partial charge in [-0.3, -0.25) is 4.79 Å². The Morgan fingerprint density at radius 3 is 2.76 bits per heavy atom. The summed E-state index contributed by atoms with van der Waals surface area (Å²) in [7, 11) is 1.94. The summed E-state index contributed by atoms with van der Waals surface area (Å²) in [4.78, 5) is 13.1. The molecule has 1 aromatic heterocycles. The average molecular weight is 255 g/mol. The lowest BCUT2D eigenvalue weighted by atomic mass is 9.78. The van der Waals surface area contributed by atoms with Gasteiger partial charge in [0, 0.05) is 7.05 Å². The summed E-state index contributed by atoms with van der Waals surface area (Å²) in [6.45, 7) is 0. The molecular weight excluding hydrogens is 238 g/mol. The summed E-state index contributed by atoms with van der Waals surface area (Å²) in [5, 5.41) is 17.8. The van der Waals surface area contributed by atoms with Gasteiger partial charge in [-0.15, -0.1) is 10.2 Å². The lowest BCUT2D eigenvalue weighted by Gasteiger charge is -2.43. The monoisotopic (exact) mass is 255 g/mol. The molecule has 1 aliphatic carbocycles. The van der Waals surface area contributed by atoms with Gasteiger partial charge < -0.3 is 10.0 Å². The van der Waals surface area contributed by atoms with E-state index in [9.17, 15) is 4.79 Å². The summed E-state index contributed by atoms with van der Waals surface area (Å²) in [5.41, 5.74) is 1.41. The minimum absolute atomic E-state index is 0.184. The van der Waals surface area contributed by atoms with Gasteiger partial charge in [-0.25, -0.2) is 0 Å². The molecule has 0 saturated heterocycles. The van der Waals surface area contributed by atoms with Crippen LogP contribution in [0.25, 0.3) is 0 Å². The zero-order valence-electron chi connectivity index (χ0n) is 9.93. The molecule has 17 heavy (non-hydrogen) atoms. The van der Waals surface area contributed by atoms with Crippen LogP contribution in [0.5, 0.6) is 0 Å². The molecule has 94 valence electrons. The van der Waals surface area contributed by atoms with Crippen molar-refractivity contribution in [2.24, 2.45) is 0 Å². The summed E-state index contributed by atoms with van der Waals surface area (Å²) in [6, 6.07) is 0. The second kappa shape index (κ2) is 5.00. The number of aromatic nitrogens is 2. The molecule has 1 saturated carbocycles. The van der Waals surface area contributed by atoms with Crippen LogP contribution in [0.3, 0.4) is 0 Å². The van der Waals surface area contributed by atoms with Crippen molar-refractivity contribution >= 4 is 22.4 Å². The average Bonchev–Trinajstić information content (AvgIpc) is 2.81. The van der Waals surface area contributed by atoms with Crippen molar-refractivity contribution in [2.75, 3.05) is 11.9 Å². The first-order valence-corrected chi connectivity index (χ1v) is 6.74. The lowest BCUT2D eigenvalue weighted by Crippen LogP contribution is -2.49. The van der Waals surface area contributed by atoms with Crippen molar-refractivity contribution in [3.63, 3.8) is 0 Å². The van der Waals surface area contributed by atoms with E-state index < -0.39 is 5.97 Å². The number of rotatable bonds is 4. The first kappa shape index (κ1) is 12.3. The topological polar surface area (TPSA) is 66.3 Å². The molecule has 0 atom stereocenters. The molecule has 5 nitrogen and oxygen atoms in total. The molecular formula is C11H17N3O2S. The number of aliphatic carboxylic acids is 1. The Morgan fingerprint density at radius 2 is 2.24 bits per heavy atom. The van der Waals surface area contributed by atoms with Crippen molar-refractivity contribution in [1.29, 1.82) is 0 Å². The molecule has 0 spiro atoms. The van der Waals surface area contributed by atoms with Crippen molar-refractivity contribution in [3.05, 3.63) is 5.51 Å². The van der Waals surface area contributed by atoms with E-state index >= 15 is 0 Å². The molecule has 0 radical (unpaired) electrons. The third-order valence-electron chi connectivity index (χ3n) is 3.61. The fourth-order valence-corrected chi connectivity index (χ4v) is 3.27. The highest BCUT2D eigenvalue weighted by Gasteiger charge is 2.39. The molecule has 0 aromatic carbocycles. The van der Waals surface area contributed by atoms with Crippen molar-refractivity contribution < 1.29 is 9.90 Å². The molecule has 0 amide bonds. The Balaban J connectivity index is 2.22. The third-order valence-corrected chi connectivity index (χ3v) is 4.38. The van der Waals surface area contributed by atoms with E-state index in [-0.39, 0.29) is 12.0 Å². The Hall–Kier alpha value is -1.17. The number of carbonyl (C=O) groups is 1. The standard InChI is InChI=1S/C11H17N3O2S/c1-14(10-13-12-8-17-10)11(7-9(15)16)5-3-2-4-6-11/h8H,2-7H2,1H3,(H,15,16). The zero-order chi connectivity index (χ0) is 12.3. The Labute approximate surface area is 104 Å². The van der Waals surface area contributed by atoms with Crippen molar-refractivity contribution in [1.82, 2.24) is 10.2 Å². The maximum Gasteiger partial charge on any atom is 0.305 e. The van der Waals surface area contributed by atoms with Crippen LogP contribution in [-0.2, 0) is 4.79 Å². The molecule has 1 heterocycles. The normalized spacial score (nSPS) is 18.9. The van der Waals surface area contributed by atoms with Gasteiger partial charge in [0.2, 0.25) is 5.13 Å². The van der Waals surface area contributed by atoms with Gasteiger partial charge in [-0.2, -0.15) is 0 Å². The van der Waals surface area contributed by atoms with Crippen LogP contribution in [0.1, 0.15) is 38.5 Å². The predicted molar refractivity (Wildman–Crippen MR) is 66.4 cm³/mol.